The summed E-state index contributed by atoms with van der Waals surface area (Å²) >= 11 is 0. The van der Waals surface area contributed by atoms with Crippen LogP contribution in [0.2, 0.25) is 0 Å². The Hall–Kier alpha value is -3.70. The number of fused-ring (bicyclic) bond motifs is 5. The van der Waals surface area contributed by atoms with Crippen LogP contribution in [-0.2, 0) is 12.4 Å². The van der Waals surface area contributed by atoms with Crippen LogP contribution in [0, 0.1) is 0 Å². The summed E-state index contributed by atoms with van der Waals surface area (Å²) in [6.45, 7) is -0.0748. The molecule has 0 radical (unpaired) electrons. The van der Waals surface area contributed by atoms with Crippen LogP contribution in [0.25, 0.3) is 5.69 Å². The minimum atomic E-state index is -4.76. The van der Waals surface area contributed by atoms with Gasteiger partial charge in [0, 0.05) is 6.54 Å². The summed E-state index contributed by atoms with van der Waals surface area (Å²) in [7, 11) is 0. The standard InChI is InChI=1S/C22H15F6N3O3/c23-21(24,25)11-4-3-5-12(8-11)31-19(33)17-16-9-13(30(17)20(31)34)10-29(16)18(32)14-6-1-2-7-15(14)22(26,27)28/h1-8,13,16,33H,9-10H2/t13?,16-/m1/s1. The van der Waals surface area contributed by atoms with E-state index >= 15 is 0 Å². The zero-order valence-electron chi connectivity index (χ0n) is 17.1. The molecule has 1 aromatic heterocycles. The van der Waals surface area contributed by atoms with Crippen LogP contribution < -0.4 is 5.69 Å². The number of halogens is 6. The maximum absolute atomic E-state index is 13.4. The van der Waals surface area contributed by atoms with Crippen LogP contribution in [0.1, 0.15) is 45.7 Å². The fourth-order valence-electron chi connectivity index (χ4n) is 4.80. The highest BCUT2D eigenvalue weighted by Crippen LogP contribution is 2.49. The van der Waals surface area contributed by atoms with Crippen molar-refractivity contribution in [3.05, 3.63) is 81.4 Å². The van der Waals surface area contributed by atoms with Crippen LogP contribution >= 0.6 is 0 Å². The third-order valence-electron chi connectivity index (χ3n) is 6.21. The molecule has 12 heteroatoms. The number of imidazole rings is 1. The summed E-state index contributed by atoms with van der Waals surface area (Å²) in [6, 6.07) is 6.60. The van der Waals surface area contributed by atoms with Crippen molar-refractivity contribution in [2.24, 2.45) is 0 Å². The molecule has 3 aromatic rings. The molecule has 5 rings (SSSR count). The normalized spacial score (nSPS) is 19.5. The molecule has 34 heavy (non-hydrogen) atoms. The fourth-order valence-corrected chi connectivity index (χ4v) is 4.80. The topological polar surface area (TPSA) is 67.5 Å². The molecule has 3 heterocycles. The van der Waals surface area contributed by atoms with E-state index in [1.165, 1.54) is 16.7 Å². The van der Waals surface area contributed by atoms with Gasteiger partial charge in [-0.15, -0.1) is 0 Å². The van der Waals surface area contributed by atoms with Crippen molar-refractivity contribution in [3.8, 4) is 11.6 Å². The van der Waals surface area contributed by atoms with Gasteiger partial charge in [0.2, 0.25) is 5.88 Å². The van der Waals surface area contributed by atoms with E-state index in [9.17, 15) is 41.0 Å². The van der Waals surface area contributed by atoms with Gasteiger partial charge in [0.05, 0.1) is 34.5 Å². The number of hydrogen-bond donors (Lipinski definition) is 1. The first kappa shape index (κ1) is 22.1. The van der Waals surface area contributed by atoms with Gasteiger partial charge < -0.3 is 10.0 Å². The molecule has 0 saturated carbocycles. The van der Waals surface area contributed by atoms with E-state index < -0.39 is 58.6 Å². The number of nitrogens with zero attached hydrogens (tertiary/aromatic N) is 3. The summed E-state index contributed by atoms with van der Waals surface area (Å²) in [4.78, 5) is 27.2. The van der Waals surface area contributed by atoms with Crippen molar-refractivity contribution >= 4 is 5.91 Å². The second-order valence-electron chi connectivity index (χ2n) is 8.15. The molecule has 1 amide bonds. The molecule has 178 valence electrons. The van der Waals surface area contributed by atoms with Gasteiger partial charge in [0.15, 0.2) is 0 Å². The highest BCUT2D eigenvalue weighted by Gasteiger charge is 2.50. The van der Waals surface area contributed by atoms with Crippen molar-refractivity contribution in [2.75, 3.05) is 6.54 Å². The van der Waals surface area contributed by atoms with Gasteiger partial charge in [0.25, 0.3) is 5.91 Å². The van der Waals surface area contributed by atoms with Crippen molar-refractivity contribution < 1.29 is 36.2 Å². The van der Waals surface area contributed by atoms with E-state index in [1.807, 2.05) is 0 Å². The Morgan fingerprint density at radius 3 is 2.35 bits per heavy atom. The van der Waals surface area contributed by atoms with Crippen LogP contribution in [0.4, 0.5) is 26.3 Å². The number of benzene rings is 2. The highest BCUT2D eigenvalue weighted by molar-refractivity contribution is 5.96. The minimum Gasteiger partial charge on any atom is -0.493 e. The molecule has 0 aliphatic carbocycles. The van der Waals surface area contributed by atoms with Crippen molar-refractivity contribution in [1.82, 2.24) is 14.0 Å². The van der Waals surface area contributed by atoms with E-state index in [-0.39, 0.29) is 24.3 Å². The Kier molecular flexibility index (Phi) is 4.65. The van der Waals surface area contributed by atoms with Gasteiger partial charge in [-0.05, 0) is 36.8 Å². The van der Waals surface area contributed by atoms with Gasteiger partial charge >= 0.3 is 18.0 Å². The lowest BCUT2D eigenvalue weighted by molar-refractivity contribution is -0.138. The predicted molar refractivity (Wildman–Crippen MR) is 106 cm³/mol. The Labute approximate surface area is 187 Å². The summed E-state index contributed by atoms with van der Waals surface area (Å²) in [5.74, 6) is -1.57. The number of hydrogen-bond acceptors (Lipinski definition) is 3. The van der Waals surface area contributed by atoms with Crippen molar-refractivity contribution in [3.63, 3.8) is 0 Å². The van der Waals surface area contributed by atoms with E-state index in [4.69, 9.17) is 0 Å². The summed E-state index contributed by atoms with van der Waals surface area (Å²) in [5, 5.41) is 10.8. The zero-order chi connectivity index (χ0) is 24.6. The number of likely N-dealkylation sites (tertiary alicyclic amines) is 1. The largest absolute Gasteiger partial charge is 0.493 e. The fraction of sp³-hybridized carbons (Fsp3) is 0.273. The van der Waals surface area contributed by atoms with E-state index in [0.29, 0.717) is 10.6 Å². The van der Waals surface area contributed by atoms with Gasteiger partial charge in [-0.3, -0.25) is 9.36 Å². The monoisotopic (exact) mass is 483 g/mol. The number of rotatable bonds is 2. The Morgan fingerprint density at radius 1 is 0.971 bits per heavy atom. The smallest absolute Gasteiger partial charge is 0.417 e. The third-order valence-corrected chi connectivity index (χ3v) is 6.21. The third kappa shape index (κ3) is 3.19. The van der Waals surface area contributed by atoms with Gasteiger partial charge in [-0.25, -0.2) is 9.36 Å². The lowest BCUT2D eigenvalue weighted by Gasteiger charge is -2.28. The van der Waals surface area contributed by atoms with Crippen LogP contribution in [0.3, 0.4) is 0 Å². The second-order valence-corrected chi connectivity index (χ2v) is 8.15. The van der Waals surface area contributed by atoms with Crippen LogP contribution in [-0.4, -0.2) is 31.6 Å². The van der Waals surface area contributed by atoms with Crippen molar-refractivity contribution in [2.45, 2.75) is 30.9 Å². The molecular weight excluding hydrogens is 468 g/mol. The Morgan fingerprint density at radius 2 is 1.68 bits per heavy atom. The molecule has 1 saturated heterocycles. The first-order valence-electron chi connectivity index (χ1n) is 10.1. The lowest BCUT2D eigenvalue weighted by atomic mass is 10.0. The summed E-state index contributed by atoms with van der Waals surface area (Å²) in [6.07, 6.45) is -9.24. The SMILES string of the molecule is O=C(c1ccccc1C(F)(F)F)N1CC2C[C@@H]1c1c(O)n(-c3cccc(C(F)(F)F)c3)c(=O)n12. The Balaban J connectivity index is 1.56. The molecule has 2 aliphatic rings. The molecule has 6 nitrogen and oxygen atoms in total. The van der Waals surface area contributed by atoms with Gasteiger partial charge in [-0.2, -0.15) is 26.3 Å². The molecule has 2 aliphatic heterocycles. The van der Waals surface area contributed by atoms with Crippen LogP contribution in [0.15, 0.2) is 53.3 Å². The van der Waals surface area contributed by atoms with E-state index in [0.717, 1.165) is 35.2 Å². The molecule has 1 unspecified atom stereocenters. The average molecular weight is 483 g/mol. The number of aromatic nitrogens is 2. The molecule has 1 fully saturated rings. The lowest BCUT2D eigenvalue weighted by Crippen LogP contribution is -2.38. The maximum Gasteiger partial charge on any atom is 0.417 e. The first-order valence-corrected chi connectivity index (χ1v) is 10.1. The molecular formula is C22H15F6N3O3. The molecule has 0 spiro atoms. The number of carbonyl (C=O) groups excluding carboxylic acids is 1. The number of amides is 1. The highest BCUT2D eigenvalue weighted by atomic mass is 19.4. The minimum absolute atomic E-state index is 0.0171. The van der Waals surface area contributed by atoms with Gasteiger partial charge in [-0.1, -0.05) is 18.2 Å². The number of carbonyl (C=O) groups is 1. The molecule has 2 atom stereocenters. The van der Waals surface area contributed by atoms with Crippen LogP contribution in [0.5, 0.6) is 5.88 Å². The molecule has 1 N–H and O–H groups in total. The van der Waals surface area contributed by atoms with Crippen molar-refractivity contribution in [1.29, 1.82) is 0 Å². The first-order chi connectivity index (χ1) is 15.9. The summed E-state index contributed by atoms with van der Waals surface area (Å²) in [5.41, 5.74) is -3.72. The zero-order valence-corrected chi connectivity index (χ0v) is 17.1. The van der Waals surface area contributed by atoms with E-state index in [1.54, 1.807) is 0 Å². The maximum atomic E-state index is 13.4. The average Bonchev–Trinajstić information content (AvgIpc) is 3.43. The van der Waals surface area contributed by atoms with E-state index in [2.05, 4.69) is 0 Å². The second kappa shape index (κ2) is 7.15. The molecule has 2 bridgehead atoms. The number of alkyl halides is 6. The van der Waals surface area contributed by atoms with Gasteiger partial charge in [0.1, 0.15) is 5.69 Å². The quantitative estimate of drug-likeness (QED) is 0.545. The molecule has 2 aromatic carbocycles. The predicted octanol–water partition coefficient (Wildman–Crippen LogP) is 4.52. The number of aromatic hydroxyl groups is 1. The Bertz CT molecular complexity index is 1370. The summed E-state index contributed by atoms with van der Waals surface area (Å²) < 4.78 is 81.5.